The molecule has 0 radical (unpaired) electrons. The third kappa shape index (κ3) is 2.41. The molecule has 0 aliphatic rings. The van der Waals surface area contributed by atoms with E-state index in [9.17, 15) is 0 Å². The molecular weight excluding hydrogens is 288 g/mol. The molecule has 1 N–H and O–H groups in total. The maximum atomic E-state index is 6.36. The van der Waals surface area contributed by atoms with Crippen LogP contribution in [-0.4, -0.2) is 31.4 Å². The highest BCUT2D eigenvalue weighted by molar-refractivity contribution is 6.31. The molecule has 0 aliphatic carbocycles. The van der Waals surface area contributed by atoms with Gasteiger partial charge in [-0.15, -0.1) is 0 Å². The van der Waals surface area contributed by atoms with E-state index >= 15 is 0 Å². The number of hydrogen-bond acceptors (Lipinski definition) is 4. The van der Waals surface area contributed by atoms with Gasteiger partial charge >= 0.3 is 0 Å². The van der Waals surface area contributed by atoms with E-state index in [4.69, 9.17) is 11.6 Å². The minimum absolute atomic E-state index is 0.0757. The molecule has 3 rings (SSSR count). The van der Waals surface area contributed by atoms with E-state index in [0.29, 0.717) is 5.02 Å². The predicted molar refractivity (Wildman–Crippen MR) is 81.4 cm³/mol. The standard InChI is InChI=1S/C14H17ClN6/c1-3-5-21-14(11(15)8-19-21)13(16-2)10-7-18-20-6-4-17-9-12(10)20/h4,6-9,13,16H,3,5H2,1-2H3. The van der Waals surface area contributed by atoms with E-state index in [1.54, 1.807) is 23.1 Å². The summed E-state index contributed by atoms with van der Waals surface area (Å²) in [6.45, 7) is 2.95. The molecule has 1 unspecified atom stereocenters. The maximum Gasteiger partial charge on any atom is 0.0896 e. The van der Waals surface area contributed by atoms with Crippen molar-refractivity contribution in [2.75, 3.05) is 7.05 Å². The first-order valence-electron chi connectivity index (χ1n) is 6.92. The molecule has 0 aromatic carbocycles. The average Bonchev–Trinajstić information content (AvgIpc) is 3.07. The highest BCUT2D eigenvalue weighted by atomic mass is 35.5. The summed E-state index contributed by atoms with van der Waals surface area (Å²) in [5.74, 6) is 0. The van der Waals surface area contributed by atoms with Crippen LogP contribution in [0.3, 0.4) is 0 Å². The van der Waals surface area contributed by atoms with Gasteiger partial charge in [-0.05, 0) is 13.5 Å². The predicted octanol–water partition coefficient (Wildman–Crippen LogP) is 2.30. The summed E-state index contributed by atoms with van der Waals surface area (Å²) in [4.78, 5) is 4.18. The molecule has 3 aromatic rings. The van der Waals surface area contributed by atoms with Crippen molar-refractivity contribution in [1.82, 2.24) is 29.7 Å². The Morgan fingerprint density at radius 3 is 2.90 bits per heavy atom. The van der Waals surface area contributed by atoms with Crippen LogP contribution in [0.25, 0.3) is 5.52 Å². The van der Waals surface area contributed by atoms with Crippen LogP contribution in [0.4, 0.5) is 0 Å². The number of nitrogens with one attached hydrogen (secondary N) is 1. The molecule has 0 saturated carbocycles. The van der Waals surface area contributed by atoms with Gasteiger partial charge in [-0.3, -0.25) is 9.67 Å². The van der Waals surface area contributed by atoms with Gasteiger partial charge in [-0.2, -0.15) is 10.2 Å². The number of hydrogen-bond donors (Lipinski definition) is 1. The second-order valence-corrected chi connectivity index (χ2v) is 5.24. The minimum atomic E-state index is -0.0757. The van der Waals surface area contributed by atoms with E-state index in [-0.39, 0.29) is 6.04 Å². The van der Waals surface area contributed by atoms with Crippen molar-refractivity contribution in [3.8, 4) is 0 Å². The fourth-order valence-corrected chi connectivity index (χ4v) is 2.81. The van der Waals surface area contributed by atoms with Crippen molar-refractivity contribution in [1.29, 1.82) is 0 Å². The van der Waals surface area contributed by atoms with Gasteiger partial charge in [0, 0.05) is 24.5 Å². The molecule has 0 amide bonds. The SMILES string of the molecule is CCCn1ncc(Cl)c1C(NC)c1cnn2ccncc12. The molecule has 0 aliphatic heterocycles. The van der Waals surface area contributed by atoms with Gasteiger partial charge in [-0.1, -0.05) is 18.5 Å². The van der Waals surface area contributed by atoms with Crippen molar-refractivity contribution in [2.45, 2.75) is 25.9 Å². The Balaban J connectivity index is 2.12. The smallest absolute Gasteiger partial charge is 0.0896 e. The normalized spacial score (nSPS) is 12.9. The third-order valence-corrected chi connectivity index (χ3v) is 3.79. The summed E-state index contributed by atoms with van der Waals surface area (Å²) in [5, 5.41) is 12.7. The Labute approximate surface area is 127 Å². The first kappa shape index (κ1) is 14.0. The summed E-state index contributed by atoms with van der Waals surface area (Å²) in [6.07, 6.45) is 9.89. The summed E-state index contributed by atoms with van der Waals surface area (Å²) < 4.78 is 3.75. The second kappa shape index (κ2) is 5.83. The molecule has 0 fully saturated rings. The topological polar surface area (TPSA) is 60.0 Å². The molecule has 0 bridgehead atoms. The van der Waals surface area contributed by atoms with Crippen LogP contribution in [0, 0.1) is 0 Å². The lowest BCUT2D eigenvalue weighted by Gasteiger charge is -2.17. The number of rotatable bonds is 5. The second-order valence-electron chi connectivity index (χ2n) is 4.83. The highest BCUT2D eigenvalue weighted by Crippen LogP contribution is 2.30. The largest absolute Gasteiger partial charge is 0.308 e. The summed E-state index contributed by atoms with van der Waals surface area (Å²) in [6, 6.07) is -0.0757. The summed E-state index contributed by atoms with van der Waals surface area (Å²) in [5.41, 5.74) is 2.95. The van der Waals surface area contributed by atoms with Gasteiger partial charge < -0.3 is 5.32 Å². The summed E-state index contributed by atoms with van der Waals surface area (Å²) in [7, 11) is 1.91. The van der Waals surface area contributed by atoms with Crippen LogP contribution >= 0.6 is 11.6 Å². The van der Waals surface area contributed by atoms with Crippen LogP contribution in [0.1, 0.15) is 30.6 Å². The van der Waals surface area contributed by atoms with E-state index in [1.165, 1.54) is 0 Å². The zero-order valence-corrected chi connectivity index (χ0v) is 12.7. The van der Waals surface area contributed by atoms with Gasteiger partial charge in [0.2, 0.25) is 0 Å². The maximum absolute atomic E-state index is 6.36. The van der Waals surface area contributed by atoms with E-state index in [1.807, 2.05) is 24.1 Å². The molecular formula is C14H17ClN6. The van der Waals surface area contributed by atoms with Crippen LogP contribution in [0.2, 0.25) is 5.02 Å². The van der Waals surface area contributed by atoms with Crippen LogP contribution in [0.5, 0.6) is 0 Å². The molecule has 21 heavy (non-hydrogen) atoms. The lowest BCUT2D eigenvalue weighted by atomic mass is 10.1. The van der Waals surface area contributed by atoms with E-state index in [2.05, 4.69) is 27.4 Å². The number of halogens is 1. The highest BCUT2D eigenvalue weighted by Gasteiger charge is 2.23. The van der Waals surface area contributed by atoms with Crippen molar-refractivity contribution in [3.63, 3.8) is 0 Å². The van der Waals surface area contributed by atoms with Crippen molar-refractivity contribution < 1.29 is 0 Å². The number of aryl methyl sites for hydroxylation is 1. The lowest BCUT2D eigenvalue weighted by molar-refractivity contribution is 0.536. The van der Waals surface area contributed by atoms with Crippen LogP contribution in [-0.2, 0) is 6.54 Å². The molecule has 110 valence electrons. The monoisotopic (exact) mass is 304 g/mol. The quantitative estimate of drug-likeness (QED) is 0.786. The van der Waals surface area contributed by atoms with E-state index in [0.717, 1.165) is 29.7 Å². The first-order chi connectivity index (χ1) is 10.3. The van der Waals surface area contributed by atoms with E-state index < -0.39 is 0 Å². The molecule has 6 nitrogen and oxygen atoms in total. The van der Waals surface area contributed by atoms with Gasteiger partial charge in [0.1, 0.15) is 0 Å². The Hall–Kier alpha value is -1.92. The van der Waals surface area contributed by atoms with Gasteiger partial charge in [0.05, 0.1) is 40.9 Å². The first-order valence-corrected chi connectivity index (χ1v) is 7.29. The lowest BCUT2D eigenvalue weighted by Crippen LogP contribution is -2.22. The van der Waals surface area contributed by atoms with Gasteiger partial charge in [0.15, 0.2) is 0 Å². The van der Waals surface area contributed by atoms with Crippen LogP contribution < -0.4 is 5.32 Å². The van der Waals surface area contributed by atoms with Gasteiger partial charge in [0.25, 0.3) is 0 Å². The molecule has 0 saturated heterocycles. The Kier molecular flexibility index (Phi) is 3.90. The number of nitrogens with zero attached hydrogens (tertiary/aromatic N) is 5. The fraction of sp³-hybridized carbons (Fsp3) is 0.357. The number of aromatic nitrogens is 5. The molecule has 0 spiro atoms. The Bertz CT molecular complexity index is 747. The van der Waals surface area contributed by atoms with Crippen LogP contribution in [0.15, 0.2) is 31.0 Å². The zero-order valence-electron chi connectivity index (χ0n) is 12.0. The number of fused-ring (bicyclic) bond motifs is 1. The third-order valence-electron chi connectivity index (χ3n) is 3.50. The van der Waals surface area contributed by atoms with Crippen molar-refractivity contribution in [2.24, 2.45) is 0 Å². The molecule has 3 aromatic heterocycles. The van der Waals surface area contributed by atoms with Gasteiger partial charge in [-0.25, -0.2) is 4.52 Å². The molecule has 7 heteroatoms. The minimum Gasteiger partial charge on any atom is -0.308 e. The summed E-state index contributed by atoms with van der Waals surface area (Å²) >= 11 is 6.36. The Morgan fingerprint density at radius 2 is 2.14 bits per heavy atom. The zero-order chi connectivity index (χ0) is 14.8. The molecule has 3 heterocycles. The molecule has 1 atom stereocenters. The average molecular weight is 305 g/mol. The fourth-order valence-electron chi connectivity index (χ4n) is 2.56. The van der Waals surface area contributed by atoms with Crippen molar-refractivity contribution in [3.05, 3.63) is 47.3 Å². The van der Waals surface area contributed by atoms with Crippen molar-refractivity contribution >= 4 is 17.1 Å². The Morgan fingerprint density at radius 1 is 1.29 bits per heavy atom.